The molecule has 3 rings (SSSR count). The maximum absolute atomic E-state index is 12.5. The number of benzene rings is 2. The van der Waals surface area contributed by atoms with E-state index in [1.165, 1.54) is 34.4 Å². The van der Waals surface area contributed by atoms with Gasteiger partial charge >= 0.3 is 0 Å². The van der Waals surface area contributed by atoms with E-state index >= 15 is 0 Å². The Balaban J connectivity index is 1.82. The highest BCUT2D eigenvalue weighted by Crippen LogP contribution is 2.33. The van der Waals surface area contributed by atoms with Crippen LogP contribution in [-0.2, 0) is 10.2 Å². The minimum atomic E-state index is -1.23. The van der Waals surface area contributed by atoms with E-state index in [1.807, 2.05) is 18.2 Å². The van der Waals surface area contributed by atoms with Crippen molar-refractivity contribution < 1.29 is 14.7 Å². The topological polar surface area (TPSA) is 72.8 Å². The maximum Gasteiger partial charge on any atom is 0.266 e. The number of thioether (sulfide) groups is 1. The van der Waals surface area contributed by atoms with Crippen molar-refractivity contribution in [1.82, 2.24) is 4.90 Å². The van der Waals surface area contributed by atoms with Gasteiger partial charge in [-0.05, 0) is 52.1 Å². The number of amidine groups is 1. The van der Waals surface area contributed by atoms with Gasteiger partial charge in [0.25, 0.3) is 5.91 Å². The smallest absolute Gasteiger partial charge is 0.266 e. The van der Waals surface area contributed by atoms with Gasteiger partial charge in [-0.25, -0.2) is 4.99 Å². The summed E-state index contributed by atoms with van der Waals surface area (Å²) in [6.07, 6.45) is 1.86. The molecule has 144 valence electrons. The zero-order valence-corrected chi connectivity index (χ0v) is 17.0. The van der Waals surface area contributed by atoms with Crippen molar-refractivity contribution in [3.63, 3.8) is 0 Å². The lowest BCUT2D eigenvalue weighted by molar-refractivity contribution is -0.255. The van der Waals surface area contributed by atoms with Crippen LogP contribution in [-0.4, -0.2) is 29.0 Å². The Morgan fingerprint density at radius 3 is 2.21 bits per heavy atom. The number of carboxylic acid groups (broad SMARTS) is 1. The Morgan fingerprint density at radius 2 is 1.68 bits per heavy atom. The van der Waals surface area contributed by atoms with Gasteiger partial charge in [0.05, 0.1) is 16.6 Å². The number of carbonyl (C=O) groups is 2. The quantitative estimate of drug-likeness (QED) is 0.747. The van der Waals surface area contributed by atoms with Crippen LogP contribution in [0.1, 0.15) is 42.3 Å². The van der Waals surface area contributed by atoms with Crippen LogP contribution >= 0.6 is 11.8 Å². The van der Waals surface area contributed by atoms with Crippen LogP contribution in [0.2, 0.25) is 0 Å². The number of rotatable bonds is 3. The fourth-order valence-electron chi connectivity index (χ4n) is 2.66. The van der Waals surface area contributed by atoms with Crippen LogP contribution in [0.15, 0.2) is 58.4 Å². The molecule has 6 heteroatoms. The second-order valence-corrected chi connectivity index (χ2v) is 8.58. The van der Waals surface area contributed by atoms with Crippen molar-refractivity contribution in [2.75, 3.05) is 7.05 Å². The van der Waals surface area contributed by atoms with Gasteiger partial charge in [0.2, 0.25) is 0 Å². The second-order valence-electron chi connectivity index (χ2n) is 7.58. The zero-order chi connectivity index (χ0) is 20.5. The summed E-state index contributed by atoms with van der Waals surface area (Å²) in [6, 6.07) is 14.2. The number of carboxylic acids is 1. The average Bonchev–Trinajstić information content (AvgIpc) is 2.90. The molecule has 0 aromatic heterocycles. The van der Waals surface area contributed by atoms with E-state index in [1.54, 1.807) is 19.2 Å². The maximum atomic E-state index is 12.5. The van der Waals surface area contributed by atoms with Crippen molar-refractivity contribution in [2.24, 2.45) is 4.99 Å². The Kier molecular flexibility index (Phi) is 5.42. The van der Waals surface area contributed by atoms with E-state index in [4.69, 9.17) is 0 Å². The lowest BCUT2D eigenvalue weighted by Crippen LogP contribution is -2.23. The number of likely N-dealkylation sites (N-methyl/N-ethyl adjacent to an activating group) is 1. The van der Waals surface area contributed by atoms with Gasteiger partial charge in [-0.2, -0.15) is 0 Å². The number of hydrogen-bond acceptors (Lipinski definition) is 5. The van der Waals surface area contributed by atoms with Crippen molar-refractivity contribution in [3.8, 4) is 0 Å². The van der Waals surface area contributed by atoms with Gasteiger partial charge in [-0.1, -0.05) is 57.2 Å². The number of amides is 1. The van der Waals surface area contributed by atoms with Crippen molar-refractivity contribution in [1.29, 1.82) is 0 Å². The monoisotopic (exact) mass is 393 g/mol. The highest BCUT2D eigenvalue weighted by molar-refractivity contribution is 8.18. The minimum Gasteiger partial charge on any atom is -0.545 e. The van der Waals surface area contributed by atoms with Crippen LogP contribution in [0.25, 0.3) is 6.08 Å². The molecule has 0 spiro atoms. The number of carbonyl (C=O) groups excluding carboxylic acids is 2. The third-order valence-electron chi connectivity index (χ3n) is 4.41. The number of hydrogen-bond donors (Lipinski definition) is 0. The standard InChI is InChI=1S/C22H22N2O3S/c1-22(2,3)16-9-5-14(6-10-16)13-18-19(25)24(4)21(28-18)23-17-11-7-15(8-12-17)20(26)27/h5-13H,1-4H3,(H,26,27)/p-1/b18-13-,23-21?. The summed E-state index contributed by atoms with van der Waals surface area (Å²) in [5.41, 5.74) is 2.93. The first-order valence-corrected chi connectivity index (χ1v) is 9.65. The fourth-order valence-corrected chi connectivity index (χ4v) is 3.65. The summed E-state index contributed by atoms with van der Waals surface area (Å²) in [5.74, 6) is -1.35. The predicted molar refractivity (Wildman–Crippen MR) is 111 cm³/mol. The van der Waals surface area contributed by atoms with E-state index < -0.39 is 5.97 Å². The molecule has 1 fully saturated rings. The molecule has 0 aliphatic carbocycles. The second kappa shape index (κ2) is 7.64. The van der Waals surface area contributed by atoms with E-state index in [9.17, 15) is 14.7 Å². The number of aromatic carboxylic acids is 1. The molecule has 0 radical (unpaired) electrons. The molecule has 2 aromatic carbocycles. The molecule has 28 heavy (non-hydrogen) atoms. The molecular formula is C22H21N2O3S-. The Morgan fingerprint density at radius 1 is 1.07 bits per heavy atom. The molecule has 0 atom stereocenters. The van der Waals surface area contributed by atoms with Gasteiger partial charge in [-0.3, -0.25) is 9.69 Å². The molecule has 5 nitrogen and oxygen atoms in total. The number of nitrogens with zero attached hydrogens (tertiary/aromatic N) is 2. The van der Waals surface area contributed by atoms with Gasteiger partial charge in [-0.15, -0.1) is 0 Å². The lowest BCUT2D eigenvalue weighted by atomic mass is 9.87. The highest BCUT2D eigenvalue weighted by atomic mass is 32.2. The van der Waals surface area contributed by atoms with Crippen LogP contribution in [0.3, 0.4) is 0 Å². The molecule has 2 aromatic rings. The Bertz CT molecular complexity index is 968. The Labute approximate surface area is 168 Å². The highest BCUT2D eigenvalue weighted by Gasteiger charge is 2.30. The lowest BCUT2D eigenvalue weighted by Gasteiger charge is -2.18. The van der Waals surface area contributed by atoms with Crippen LogP contribution in [0.4, 0.5) is 5.69 Å². The molecule has 1 saturated heterocycles. The van der Waals surface area contributed by atoms with Crippen molar-refractivity contribution >= 4 is 40.6 Å². The minimum absolute atomic E-state index is 0.0793. The summed E-state index contributed by atoms with van der Waals surface area (Å²) in [5, 5.41) is 11.4. The molecule has 0 N–H and O–H groups in total. The van der Waals surface area contributed by atoms with Gasteiger partial charge < -0.3 is 9.90 Å². The van der Waals surface area contributed by atoms with Gasteiger partial charge in [0, 0.05) is 7.05 Å². The van der Waals surface area contributed by atoms with Gasteiger partial charge in [0.1, 0.15) is 0 Å². The molecule has 0 unspecified atom stereocenters. The first-order valence-electron chi connectivity index (χ1n) is 8.83. The number of aliphatic imine (C=N–C) groups is 1. The summed E-state index contributed by atoms with van der Waals surface area (Å²) < 4.78 is 0. The van der Waals surface area contributed by atoms with E-state index in [2.05, 4.69) is 37.9 Å². The van der Waals surface area contributed by atoms with Gasteiger partial charge in [0.15, 0.2) is 5.17 Å². The third kappa shape index (κ3) is 4.34. The van der Waals surface area contributed by atoms with Crippen LogP contribution < -0.4 is 5.11 Å². The van der Waals surface area contributed by atoms with Crippen molar-refractivity contribution in [2.45, 2.75) is 26.2 Å². The molecule has 1 amide bonds. The largest absolute Gasteiger partial charge is 0.545 e. The molecule has 0 bridgehead atoms. The molecule has 1 aliphatic rings. The fraction of sp³-hybridized carbons (Fsp3) is 0.227. The summed E-state index contributed by atoms with van der Waals surface area (Å²) in [6.45, 7) is 6.48. The molecular weight excluding hydrogens is 372 g/mol. The average molecular weight is 393 g/mol. The third-order valence-corrected chi connectivity index (χ3v) is 5.47. The first kappa shape index (κ1) is 19.9. The Hall–Kier alpha value is -2.86. The zero-order valence-electron chi connectivity index (χ0n) is 16.2. The summed E-state index contributed by atoms with van der Waals surface area (Å²) in [4.78, 5) is 29.9. The van der Waals surface area contributed by atoms with E-state index in [-0.39, 0.29) is 16.9 Å². The predicted octanol–water partition coefficient (Wildman–Crippen LogP) is 3.58. The normalized spacial score (nSPS) is 17.6. The first-order chi connectivity index (χ1) is 13.1. The molecule has 1 aliphatic heterocycles. The molecule has 0 saturated carbocycles. The SMILES string of the molecule is CN1C(=O)/C(=C/c2ccc(C(C)(C)C)cc2)SC1=Nc1ccc(C(=O)[O-])cc1. The van der Waals surface area contributed by atoms with Crippen molar-refractivity contribution in [3.05, 3.63) is 70.1 Å². The van der Waals surface area contributed by atoms with E-state index in [0.29, 0.717) is 15.8 Å². The summed E-state index contributed by atoms with van der Waals surface area (Å²) in [7, 11) is 1.67. The molecule has 1 heterocycles. The summed E-state index contributed by atoms with van der Waals surface area (Å²) >= 11 is 1.30. The van der Waals surface area contributed by atoms with E-state index in [0.717, 1.165) is 5.56 Å². The van der Waals surface area contributed by atoms with Crippen LogP contribution in [0, 0.1) is 0 Å². The van der Waals surface area contributed by atoms with Crippen LogP contribution in [0.5, 0.6) is 0 Å².